The van der Waals surface area contributed by atoms with Gasteiger partial charge in [-0.1, -0.05) is 12.1 Å². The van der Waals surface area contributed by atoms with Gasteiger partial charge >= 0.3 is 11.7 Å². The van der Waals surface area contributed by atoms with Crippen molar-refractivity contribution in [1.29, 1.82) is 0 Å². The van der Waals surface area contributed by atoms with E-state index in [0.717, 1.165) is 4.57 Å². The van der Waals surface area contributed by atoms with Crippen LogP contribution in [0.4, 0.5) is 5.69 Å². The van der Waals surface area contributed by atoms with Gasteiger partial charge in [0.1, 0.15) is 18.0 Å². The van der Waals surface area contributed by atoms with Crippen LogP contribution in [-0.2, 0) is 20.9 Å². The van der Waals surface area contributed by atoms with Crippen molar-refractivity contribution in [3.05, 3.63) is 53.0 Å². The van der Waals surface area contributed by atoms with Crippen molar-refractivity contribution in [2.45, 2.75) is 6.54 Å². The number of methoxy groups -OCH3 is 2. The van der Waals surface area contributed by atoms with Gasteiger partial charge in [-0.05, 0) is 24.3 Å². The predicted molar refractivity (Wildman–Crippen MR) is 99.6 cm³/mol. The van der Waals surface area contributed by atoms with Crippen molar-refractivity contribution in [2.24, 2.45) is 0 Å². The van der Waals surface area contributed by atoms with E-state index < -0.39 is 24.2 Å². The average Bonchev–Trinajstić information content (AvgIpc) is 3.02. The van der Waals surface area contributed by atoms with Crippen LogP contribution < -0.4 is 20.5 Å². The molecule has 0 saturated heterocycles. The number of fused-ring (bicyclic) bond motifs is 1. The number of carbonyl (C=O) groups is 2. The van der Waals surface area contributed by atoms with Crippen LogP contribution in [-0.4, -0.2) is 37.3 Å². The smallest absolute Gasteiger partial charge is 0.420 e. The average molecular weight is 386 g/mol. The summed E-state index contributed by atoms with van der Waals surface area (Å²) in [5.41, 5.74) is 1.24. The van der Waals surface area contributed by atoms with Crippen LogP contribution in [0.25, 0.3) is 11.1 Å². The summed E-state index contributed by atoms with van der Waals surface area (Å²) in [5.74, 6) is -1.01. The molecule has 0 aliphatic rings. The first-order valence-electron chi connectivity index (χ1n) is 8.27. The van der Waals surface area contributed by atoms with Crippen LogP contribution in [0.15, 0.2) is 51.7 Å². The number of anilines is 1. The third-order valence-electron chi connectivity index (χ3n) is 3.91. The second-order valence-electron chi connectivity index (χ2n) is 5.70. The molecule has 0 spiro atoms. The van der Waals surface area contributed by atoms with Gasteiger partial charge in [-0.15, -0.1) is 0 Å². The molecule has 0 saturated carbocycles. The van der Waals surface area contributed by atoms with E-state index in [2.05, 4.69) is 5.32 Å². The van der Waals surface area contributed by atoms with E-state index in [9.17, 15) is 14.4 Å². The zero-order chi connectivity index (χ0) is 20.1. The number of carbonyl (C=O) groups excluding carboxylic acids is 2. The van der Waals surface area contributed by atoms with E-state index in [1.165, 1.54) is 14.2 Å². The molecule has 0 fully saturated rings. The highest BCUT2D eigenvalue weighted by Gasteiger charge is 2.15. The third kappa shape index (κ3) is 4.14. The highest BCUT2D eigenvalue weighted by Crippen LogP contribution is 2.28. The van der Waals surface area contributed by atoms with E-state index in [1.54, 1.807) is 42.5 Å². The Morgan fingerprint density at radius 3 is 2.64 bits per heavy atom. The monoisotopic (exact) mass is 386 g/mol. The molecule has 0 aliphatic heterocycles. The van der Waals surface area contributed by atoms with Crippen LogP contribution in [0, 0.1) is 0 Å². The summed E-state index contributed by atoms with van der Waals surface area (Å²) in [6.07, 6.45) is 0. The maximum Gasteiger partial charge on any atom is 0.420 e. The number of hydrogen-bond donors (Lipinski definition) is 1. The number of hydrogen-bond acceptors (Lipinski definition) is 7. The Balaban J connectivity index is 1.59. The summed E-state index contributed by atoms with van der Waals surface area (Å²) in [4.78, 5) is 35.9. The molecule has 1 N–H and O–H groups in total. The minimum atomic E-state index is -0.745. The normalized spacial score (nSPS) is 10.5. The number of esters is 1. The van der Waals surface area contributed by atoms with Crippen molar-refractivity contribution < 1.29 is 28.2 Å². The molecule has 28 heavy (non-hydrogen) atoms. The van der Waals surface area contributed by atoms with Gasteiger partial charge in [-0.3, -0.25) is 14.2 Å². The summed E-state index contributed by atoms with van der Waals surface area (Å²) < 4.78 is 21.4. The van der Waals surface area contributed by atoms with Gasteiger partial charge in [0.2, 0.25) is 0 Å². The second-order valence-corrected chi connectivity index (χ2v) is 5.70. The summed E-state index contributed by atoms with van der Waals surface area (Å²) in [6.45, 7) is -0.881. The van der Waals surface area contributed by atoms with Crippen molar-refractivity contribution in [3.8, 4) is 11.5 Å². The molecule has 0 atom stereocenters. The van der Waals surface area contributed by atoms with Crippen LogP contribution in [0.5, 0.6) is 11.5 Å². The van der Waals surface area contributed by atoms with Gasteiger partial charge < -0.3 is 23.9 Å². The van der Waals surface area contributed by atoms with Crippen LogP contribution in [0.2, 0.25) is 0 Å². The molecule has 0 bridgehead atoms. The summed E-state index contributed by atoms with van der Waals surface area (Å²) in [6, 6.07) is 11.6. The summed E-state index contributed by atoms with van der Waals surface area (Å²) in [5, 5.41) is 2.58. The Kier molecular flexibility index (Phi) is 5.64. The predicted octanol–water partition coefficient (Wildman–Crippen LogP) is 1.79. The number of nitrogens with one attached hydrogen (secondary N) is 1. The molecule has 1 heterocycles. The lowest BCUT2D eigenvalue weighted by molar-refractivity contribution is -0.147. The molecule has 0 radical (unpaired) electrons. The molecular weight excluding hydrogens is 368 g/mol. The largest absolute Gasteiger partial charge is 0.497 e. The minimum absolute atomic E-state index is 0.365. The number of aromatic nitrogens is 1. The molecule has 9 nitrogen and oxygen atoms in total. The first kappa shape index (κ1) is 19.0. The Morgan fingerprint density at radius 1 is 1.11 bits per heavy atom. The topological polar surface area (TPSA) is 109 Å². The SMILES string of the molecule is COc1ccc(NC(=O)COC(=O)Cn2c(=O)oc3ccccc32)c(OC)c1. The number of nitrogens with zero attached hydrogens (tertiary/aromatic N) is 1. The fourth-order valence-electron chi connectivity index (χ4n) is 2.57. The number of ether oxygens (including phenoxy) is 3. The Morgan fingerprint density at radius 2 is 1.89 bits per heavy atom. The van der Waals surface area contributed by atoms with Crippen molar-refractivity contribution >= 4 is 28.7 Å². The molecule has 0 aliphatic carbocycles. The zero-order valence-electron chi connectivity index (χ0n) is 15.3. The molecule has 0 unspecified atom stereocenters. The maximum atomic E-state index is 12.1. The van der Waals surface area contributed by atoms with Gasteiger partial charge in [0.25, 0.3) is 5.91 Å². The quantitative estimate of drug-likeness (QED) is 0.617. The fraction of sp³-hybridized carbons (Fsp3) is 0.211. The highest BCUT2D eigenvalue weighted by molar-refractivity contribution is 5.94. The Bertz CT molecular complexity index is 1070. The third-order valence-corrected chi connectivity index (χ3v) is 3.91. The molecule has 1 aromatic heterocycles. The number of rotatable bonds is 7. The Hall–Kier alpha value is -3.75. The van der Waals surface area contributed by atoms with Gasteiger partial charge in [0.15, 0.2) is 12.2 Å². The van der Waals surface area contributed by atoms with Gasteiger partial charge in [0, 0.05) is 6.07 Å². The van der Waals surface area contributed by atoms with Crippen LogP contribution >= 0.6 is 0 Å². The Labute approximate surface area is 159 Å². The number of benzene rings is 2. The lowest BCUT2D eigenvalue weighted by Crippen LogP contribution is -2.26. The van der Waals surface area contributed by atoms with E-state index in [-0.39, 0.29) is 6.54 Å². The van der Waals surface area contributed by atoms with E-state index in [0.29, 0.717) is 28.3 Å². The standard InChI is InChI=1S/C19H18N2O7/c1-25-12-7-8-13(16(9-12)26-2)20-17(22)11-27-18(23)10-21-14-5-3-4-6-15(14)28-19(21)24/h3-9H,10-11H2,1-2H3,(H,20,22). The van der Waals surface area contributed by atoms with Crippen molar-refractivity contribution in [2.75, 3.05) is 26.1 Å². The van der Waals surface area contributed by atoms with Crippen molar-refractivity contribution in [3.63, 3.8) is 0 Å². The van der Waals surface area contributed by atoms with Crippen molar-refractivity contribution in [1.82, 2.24) is 4.57 Å². The molecule has 1 amide bonds. The lowest BCUT2D eigenvalue weighted by Gasteiger charge is -2.11. The molecule has 9 heteroatoms. The van der Waals surface area contributed by atoms with E-state index in [1.807, 2.05) is 0 Å². The van der Waals surface area contributed by atoms with Crippen LogP contribution in [0.1, 0.15) is 0 Å². The first-order chi connectivity index (χ1) is 13.5. The summed E-state index contributed by atoms with van der Waals surface area (Å²) >= 11 is 0. The first-order valence-corrected chi connectivity index (χ1v) is 8.27. The number of para-hydroxylation sites is 2. The second kappa shape index (κ2) is 8.30. The maximum absolute atomic E-state index is 12.1. The molecule has 3 aromatic rings. The fourth-order valence-corrected chi connectivity index (χ4v) is 2.57. The van der Waals surface area contributed by atoms with E-state index in [4.69, 9.17) is 18.6 Å². The summed E-state index contributed by atoms with van der Waals surface area (Å²) in [7, 11) is 2.97. The number of oxazole rings is 1. The van der Waals surface area contributed by atoms with Gasteiger partial charge in [0.05, 0.1) is 25.4 Å². The lowest BCUT2D eigenvalue weighted by atomic mass is 10.2. The molecule has 2 aromatic carbocycles. The zero-order valence-corrected chi connectivity index (χ0v) is 15.3. The van der Waals surface area contributed by atoms with Gasteiger partial charge in [-0.25, -0.2) is 4.79 Å². The molecular formula is C19H18N2O7. The van der Waals surface area contributed by atoms with E-state index >= 15 is 0 Å². The molecule has 146 valence electrons. The number of amides is 1. The molecule has 3 rings (SSSR count). The van der Waals surface area contributed by atoms with Gasteiger partial charge in [-0.2, -0.15) is 0 Å². The van der Waals surface area contributed by atoms with Crippen LogP contribution in [0.3, 0.4) is 0 Å². The highest BCUT2D eigenvalue weighted by atomic mass is 16.5. The minimum Gasteiger partial charge on any atom is -0.497 e.